The third-order valence-electron chi connectivity index (χ3n) is 5.37. The van der Waals surface area contributed by atoms with Crippen LogP contribution in [0.4, 0.5) is 5.69 Å². The summed E-state index contributed by atoms with van der Waals surface area (Å²) >= 11 is 0. The molecule has 0 spiro atoms. The van der Waals surface area contributed by atoms with Gasteiger partial charge in [-0.2, -0.15) is 5.26 Å². The van der Waals surface area contributed by atoms with Crippen LogP contribution in [0.5, 0.6) is 5.75 Å². The molecule has 0 radical (unpaired) electrons. The molecule has 29 heavy (non-hydrogen) atoms. The number of amides is 2. The molecular formula is C23H25N3O3. The van der Waals surface area contributed by atoms with Crippen molar-refractivity contribution in [2.75, 3.05) is 12.4 Å². The van der Waals surface area contributed by atoms with E-state index in [0.29, 0.717) is 43.5 Å². The summed E-state index contributed by atoms with van der Waals surface area (Å²) in [4.78, 5) is 25.0. The maximum Gasteiger partial charge on any atom is 0.227 e. The average molecular weight is 391 g/mol. The zero-order chi connectivity index (χ0) is 20.6. The largest absolute Gasteiger partial charge is 0.496 e. The molecule has 2 aromatic carbocycles. The summed E-state index contributed by atoms with van der Waals surface area (Å²) in [6.45, 7) is 0.429. The van der Waals surface area contributed by atoms with Gasteiger partial charge in [-0.1, -0.05) is 24.3 Å². The number of ether oxygens (including phenoxy) is 1. The van der Waals surface area contributed by atoms with Crippen molar-refractivity contribution in [1.82, 2.24) is 5.32 Å². The van der Waals surface area contributed by atoms with Gasteiger partial charge in [0.15, 0.2) is 0 Å². The van der Waals surface area contributed by atoms with Crippen LogP contribution in [0, 0.1) is 23.2 Å². The molecule has 0 heterocycles. The van der Waals surface area contributed by atoms with E-state index >= 15 is 0 Å². The van der Waals surface area contributed by atoms with E-state index in [4.69, 9.17) is 10.00 Å². The molecule has 1 saturated carbocycles. The van der Waals surface area contributed by atoms with E-state index in [0.717, 1.165) is 11.3 Å². The van der Waals surface area contributed by atoms with Crippen molar-refractivity contribution in [3.8, 4) is 11.8 Å². The van der Waals surface area contributed by atoms with Crippen LogP contribution in [0.1, 0.15) is 36.8 Å². The van der Waals surface area contributed by atoms with E-state index in [9.17, 15) is 9.59 Å². The second kappa shape index (κ2) is 9.74. The molecule has 150 valence electrons. The molecule has 1 aliphatic rings. The molecule has 2 N–H and O–H groups in total. The molecule has 6 nitrogen and oxygen atoms in total. The first-order chi connectivity index (χ1) is 14.1. The van der Waals surface area contributed by atoms with Crippen LogP contribution in [0.2, 0.25) is 0 Å². The van der Waals surface area contributed by atoms with E-state index in [1.54, 1.807) is 31.4 Å². The first-order valence-corrected chi connectivity index (χ1v) is 9.81. The van der Waals surface area contributed by atoms with Crippen molar-refractivity contribution >= 4 is 17.5 Å². The van der Waals surface area contributed by atoms with Crippen molar-refractivity contribution in [2.45, 2.75) is 32.2 Å². The normalized spacial score (nSPS) is 18.3. The van der Waals surface area contributed by atoms with Gasteiger partial charge in [-0.05, 0) is 49.9 Å². The van der Waals surface area contributed by atoms with E-state index < -0.39 is 0 Å². The zero-order valence-electron chi connectivity index (χ0n) is 16.5. The van der Waals surface area contributed by atoms with Crippen molar-refractivity contribution in [2.24, 2.45) is 11.8 Å². The van der Waals surface area contributed by atoms with Gasteiger partial charge < -0.3 is 15.4 Å². The van der Waals surface area contributed by atoms with Gasteiger partial charge in [0.2, 0.25) is 11.8 Å². The minimum absolute atomic E-state index is 0.0245. The molecule has 0 atom stereocenters. The summed E-state index contributed by atoms with van der Waals surface area (Å²) in [5.74, 6) is 0.549. The number of methoxy groups -OCH3 is 1. The van der Waals surface area contributed by atoms with E-state index in [-0.39, 0.29) is 23.7 Å². The van der Waals surface area contributed by atoms with Gasteiger partial charge in [-0.3, -0.25) is 9.59 Å². The Bertz CT molecular complexity index is 912. The number of carbonyl (C=O) groups excluding carboxylic acids is 2. The fourth-order valence-corrected chi connectivity index (χ4v) is 3.70. The highest BCUT2D eigenvalue weighted by atomic mass is 16.5. The molecule has 3 rings (SSSR count). The number of para-hydroxylation sites is 1. The van der Waals surface area contributed by atoms with Crippen molar-refractivity contribution in [3.63, 3.8) is 0 Å². The number of rotatable bonds is 6. The fraction of sp³-hybridized carbons (Fsp3) is 0.348. The summed E-state index contributed by atoms with van der Waals surface area (Å²) < 4.78 is 5.31. The fourth-order valence-electron chi connectivity index (χ4n) is 3.70. The number of hydrogen-bond acceptors (Lipinski definition) is 4. The minimum atomic E-state index is -0.112. The van der Waals surface area contributed by atoms with E-state index in [2.05, 4.69) is 16.7 Å². The Morgan fingerprint density at radius 1 is 1.03 bits per heavy atom. The molecule has 2 amide bonds. The lowest BCUT2D eigenvalue weighted by atomic mass is 9.81. The Kier molecular flexibility index (Phi) is 6.85. The first-order valence-electron chi connectivity index (χ1n) is 9.81. The zero-order valence-corrected chi connectivity index (χ0v) is 16.5. The van der Waals surface area contributed by atoms with Crippen LogP contribution in [0.3, 0.4) is 0 Å². The van der Waals surface area contributed by atoms with Crippen molar-refractivity contribution in [3.05, 3.63) is 59.7 Å². The SMILES string of the molecule is COc1ccccc1CNC(=O)C1CCC(C(=O)Nc2cccc(C#N)c2)CC1. The molecule has 0 aromatic heterocycles. The highest BCUT2D eigenvalue weighted by Crippen LogP contribution is 2.30. The predicted octanol–water partition coefficient (Wildman–Crippen LogP) is 3.63. The summed E-state index contributed by atoms with van der Waals surface area (Å²) in [5, 5.41) is 14.8. The van der Waals surface area contributed by atoms with Crippen LogP contribution >= 0.6 is 0 Å². The summed E-state index contributed by atoms with van der Waals surface area (Å²) in [6.07, 6.45) is 2.73. The van der Waals surface area contributed by atoms with Crippen LogP contribution in [0.25, 0.3) is 0 Å². The molecule has 0 unspecified atom stereocenters. The highest BCUT2D eigenvalue weighted by Gasteiger charge is 2.30. The summed E-state index contributed by atoms with van der Waals surface area (Å²) in [6, 6.07) is 16.6. The lowest BCUT2D eigenvalue weighted by Crippen LogP contribution is -2.35. The number of benzene rings is 2. The molecule has 0 bridgehead atoms. The standard InChI is InChI=1S/C23H25N3O3/c1-29-21-8-3-2-6-19(21)15-25-22(27)17-9-11-18(12-10-17)23(28)26-20-7-4-5-16(13-20)14-24/h2-8,13,17-18H,9-12,15H2,1H3,(H,25,27)(H,26,28). The molecule has 1 fully saturated rings. The molecule has 2 aromatic rings. The molecular weight excluding hydrogens is 366 g/mol. The molecule has 6 heteroatoms. The summed E-state index contributed by atoms with van der Waals surface area (Å²) in [7, 11) is 1.61. The summed E-state index contributed by atoms with van der Waals surface area (Å²) in [5.41, 5.74) is 2.08. The monoisotopic (exact) mass is 391 g/mol. The van der Waals surface area contributed by atoms with Crippen molar-refractivity contribution < 1.29 is 14.3 Å². The number of hydrogen-bond donors (Lipinski definition) is 2. The minimum Gasteiger partial charge on any atom is -0.496 e. The number of anilines is 1. The smallest absolute Gasteiger partial charge is 0.227 e. The Labute approximate surface area is 170 Å². The van der Waals surface area contributed by atoms with Crippen molar-refractivity contribution in [1.29, 1.82) is 5.26 Å². The van der Waals surface area contributed by atoms with Gasteiger partial charge in [0.25, 0.3) is 0 Å². The average Bonchev–Trinajstić information content (AvgIpc) is 2.77. The van der Waals surface area contributed by atoms with Crippen LogP contribution in [-0.2, 0) is 16.1 Å². The Balaban J connectivity index is 1.47. The van der Waals surface area contributed by atoms with Gasteiger partial charge >= 0.3 is 0 Å². The van der Waals surface area contributed by atoms with E-state index in [1.165, 1.54) is 0 Å². The van der Waals surface area contributed by atoms with Crippen LogP contribution in [0.15, 0.2) is 48.5 Å². The van der Waals surface area contributed by atoms with Crippen LogP contribution < -0.4 is 15.4 Å². The van der Waals surface area contributed by atoms with Gasteiger partial charge in [0.05, 0.1) is 18.7 Å². The first kappa shape index (κ1) is 20.4. The highest BCUT2D eigenvalue weighted by molar-refractivity contribution is 5.93. The lowest BCUT2D eigenvalue weighted by molar-refractivity contribution is -0.128. The number of nitriles is 1. The lowest BCUT2D eigenvalue weighted by Gasteiger charge is -2.27. The quantitative estimate of drug-likeness (QED) is 0.787. The Morgan fingerprint density at radius 2 is 1.72 bits per heavy atom. The number of nitrogens with zero attached hydrogens (tertiary/aromatic N) is 1. The maximum absolute atomic E-state index is 12.5. The van der Waals surface area contributed by atoms with Gasteiger partial charge in [-0.25, -0.2) is 0 Å². The second-order valence-corrected chi connectivity index (χ2v) is 7.26. The number of nitrogens with one attached hydrogen (secondary N) is 2. The van der Waals surface area contributed by atoms with Gasteiger partial charge in [0, 0.05) is 29.6 Å². The molecule has 0 aliphatic heterocycles. The predicted molar refractivity (Wildman–Crippen MR) is 110 cm³/mol. The third-order valence-corrected chi connectivity index (χ3v) is 5.37. The number of carbonyl (C=O) groups is 2. The molecule has 1 aliphatic carbocycles. The third kappa shape index (κ3) is 5.35. The van der Waals surface area contributed by atoms with Gasteiger partial charge in [-0.15, -0.1) is 0 Å². The maximum atomic E-state index is 12.5. The van der Waals surface area contributed by atoms with Crippen LogP contribution in [-0.4, -0.2) is 18.9 Å². The Morgan fingerprint density at radius 3 is 2.41 bits per heavy atom. The van der Waals surface area contributed by atoms with E-state index in [1.807, 2.05) is 24.3 Å². The van der Waals surface area contributed by atoms with Gasteiger partial charge in [0.1, 0.15) is 5.75 Å². The molecule has 0 saturated heterocycles. The second-order valence-electron chi connectivity index (χ2n) is 7.26. The Hall–Kier alpha value is -3.33. The topological polar surface area (TPSA) is 91.2 Å².